The van der Waals surface area contributed by atoms with E-state index in [1.54, 1.807) is 0 Å². The first-order valence-electron chi connectivity index (χ1n) is 6.28. The highest BCUT2D eigenvalue weighted by molar-refractivity contribution is 5.66. The normalized spacial score (nSPS) is 14.4. The first-order chi connectivity index (χ1) is 10.1. The summed E-state index contributed by atoms with van der Waals surface area (Å²) >= 11 is 0. The highest BCUT2D eigenvalue weighted by atomic mass is 16.6. The molecule has 2 atom stereocenters. The lowest BCUT2D eigenvalue weighted by Gasteiger charge is -2.16. The zero-order valence-electron chi connectivity index (χ0n) is 12.7. The van der Waals surface area contributed by atoms with Gasteiger partial charge in [0.1, 0.15) is 0 Å². The van der Waals surface area contributed by atoms with Gasteiger partial charge in [-0.25, -0.2) is 0 Å². The Hall–Kier alpha value is -2.52. The molecule has 0 bridgehead atoms. The van der Waals surface area contributed by atoms with Gasteiger partial charge in [-0.1, -0.05) is 0 Å². The fraction of sp³-hybridized carbons (Fsp3) is 0.667. The van der Waals surface area contributed by atoms with E-state index in [0.29, 0.717) is 0 Å². The number of nitro groups is 2. The minimum atomic E-state index is -1.40. The predicted molar refractivity (Wildman–Crippen MR) is 73.2 cm³/mol. The SMILES string of the molecule is CC(=O)OCC(/C(C)=C(/C)C(COC(C)=O)[N+](=O)[O-])[N+](=O)[O-]. The van der Waals surface area contributed by atoms with Gasteiger partial charge in [-0.15, -0.1) is 0 Å². The van der Waals surface area contributed by atoms with Gasteiger partial charge in [0.15, 0.2) is 13.2 Å². The van der Waals surface area contributed by atoms with E-state index in [4.69, 9.17) is 0 Å². The monoisotopic (exact) mass is 318 g/mol. The number of rotatable bonds is 8. The highest BCUT2D eigenvalue weighted by Gasteiger charge is 2.32. The van der Waals surface area contributed by atoms with Crippen LogP contribution >= 0.6 is 0 Å². The molecule has 0 N–H and O–H groups in total. The van der Waals surface area contributed by atoms with Crippen LogP contribution in [0, 0.1) is 20.2 Å². The Morgan fingerprint density at radius 2 is 1.09 bits per heavy atom. The lowest BCUT2D eigenvalue weighted by Crippen LogP contribution is -2.33. The molecule has 0 fully saturated rings. The Kier molecular flexibility index (Phi) is 7.70. The van der Waals surface area contributed by atoms with Crippen molar-refractivity contribution in [2.45, 2.75) is 39.8 Å². The van der Waals surface area contributed by atoms with Gasteiger partial charge in [-0.05, 0) is 13.8 Å². The molecule has 0 aliphatic heterocycles. The van der Waals surface area contributed by atoms with Gasteiger partial charge in [0.25, 0.3) is 12.1 Å². The molecule has 0 saturated carbocycles. The van der Waals surface area contributed by atoms with Gasteiger partial charge in [-0.2, -0.15) is 0 Å². The molecule has 0 aromatic heterocycles. The summed E-state index contributed by atoms with van der Waals surface area (Å²) in [5.74, 6) is -1.38. The van der Waals surface area contributed by atoms with Crippen LogP contribution in [-0.4, -0.2) is 47.1 Å². The number of nitrogens with zero attached hydrogens (tertiary/aromatic N) is 2. The largest absolute Gasteiger partial charge is 0.458 e. The average molecular weight is 318 g/mol. The number of hydrogen-bond acceptors (Lipinski definition) is 8. The summed E-state index contributed by atoms with van der Waals surface area (Å²) in [5, 5.41) is 22.1. The van der Waals surface area contributed by atoms with Crippen LogP contribution in [0.1, 0.15) is 27.7 Å². The summed E-state index contributed by atoms with van der Waals surface area (Å²) in [6.45, 7) is 3.84. The standard InChI is InChI=1S/C12H18N2O8/c1-7(11(13(17)18)5-21-9(3)15)8(2)12(14(19)20)6-22-10(4)16/h11-12H,5-6H2,1-4H3/b8-7-. The Labute approximate surface area is 126 Å². The third kappa shape index (κ3) is 6.29. The van der Waals surface area contributed by atoms with Crippen LogP contribution in [0.2, 0.25) is 0 Å². The molecule has 0 heterocycles. The van der Waals surface area contributed by atoms with Crippen molar-refractivity contribution < 1.29 is 28.9 Å². The fourth-order valence-corrected chi connectivity index (χ4v) is 1.61. The maximum atomic E-state index is 11.0. The van der Waals surface area contributed by atoms with Crippen LogP contribution in [0.4, 0.5) is 0 Å². The molecule has 2 unspecified atom stereocenters. The molecule has 124 valence electrons. The number of esters is 2. The van der Waals surface area contributed by atoms with Crippen LogP contribution in [0.25, 0.3) is 0 Å². The van der Waals surface area contributed by atoms with Gasteiger partial charge in [0, 0.05) is 34.8 Å². The van der Waals surface area contributed by atoms with Crippen molar-refractivity contribution in [1.82, 2.24) is 0 Å². The second kappa shape index (κ2) is 8.70. The molecule has 0 rings (SSSR count). The number of carbonyl (C=O) groups excluding carboxylic acids is 2. The first-order valence-corrected chi connectivity index (χ1v) is 6.28. The molecule has 10 nitrogen and oxygen atoms in total. The number of hydrogen-bond donors (Lipinski definition) is 0. The smallest absolute Gasteiger partial charge is 0.302 e. The minimum absolute atomic E-state index is 0.0834. The molecule has 0 aliphatic carbocycles. The van der Waals surface area contributed by atoms with Gasteiger partial charge in [0.2, 0.25) is 0 Å². The maximum Gasteiger partial charge on any atom is 0.302 e. The zero-order chi connectivity index (χ0) is 17.4. The van der Waals surface area contributed by atoms with E-state index in [-0.39, 0.29) is 11.1 Å². The first kappa shape index (κ1) is 19.5. The van der Waals surface area contributed by atoms with Crippen LogP contribution in [0.5, 0.6) is 0 Å². The van der Waals surface area contributed by atoms with Crippen molar-refractivity contribution in [2.24, 2.45) is 0 Å². The Morgan fingerprint density at radius 3 is 1.27 bits per heavy atom. The van der Waals surface area contributed by atoms with E-state index >= 15 is 0 Å². The Bertz CT molecular complexity index is 455. The summed E-state index contributed by atoms with van der Waals surface area (Å²) < 4.78 is 9.21. The highest BCUT2D eigenvalue weighted by Crippen LogP contribution is 2.17. The van der Waals surface area contributed by atoms with Crippen LogP contribution in [-0.2, 0) is 19.1 Å². The number of carbonyl (C=O) groups is 2. The molecule has 0 saturated heterocycles. The third-order valence-electron chi connectivity index (χ3n) is 3.02. The van der Waals surface area contributed by atoms with E-state index < -0.39 is 47.1 Å². The van der Waals surface area contributed by atoms with Crippen molar-refractivity contribution in [3.63, 3.8) is 0 Å². The van der Waals surface area contributed by atoms with Crippen LogP contribution in [0.15, 0.2) is 11.1 Å². The predicted octanol–water partition coefficient (Wildman–Crippen LogP) is 0.740. The molecular weight excluding hydrogens is 300 g/mol. The van der Waals surface area contributed by atoms with Crippen molar-refractivity contribution in [3.8, 4) is 0 Å². The lowest BCUT2D eigenvalue weighted by atomic mass is 9.99. The molecule has 0 aromatic rings. The van der Waals surface area contributed by atoms with Crippen molar-refractivity contribution in [1.29, 1.82) is 0 Å². The molecule has 0 radical (unpaired) electrons. The van der Waals surface area contributed by atoms with Gasteiger partial charge >= 0.3 is 11.9 Å². The zero-order valence-corrected chi connectivity index (χ0v) is 12.7. The van der Waals surface area contributed by atoms with E-state index in [1.165, 1.54) is 13.8 Å². The lowest BCUT2D eigenvalue weighted by molar-refractivity contribution is -0.521. The molecule has 0 aromatic carbocycles. The van der Waals surface area contributed by atoms with Crippen LogP contribution in [0.3, 0.4) is 0 Å². The summed E-state index contributed by atoms with van der Waals surface area (Å²) in [4.78, 5) is 42.2. The molecule has 0 aliphatic rings. The topological polar surface area (TPSA) is 139 Å². The summed E-state index contributed by atoms with van der Waals surface area (Å²) in [7, 11) is 0. The van der Waals surface area contributed by atoms with Crippen molar-refractivity contribution in [2.75, 3.05) is 13.2 Å². The molecule has 10 heteroatoms. The summed E-state index contributed by atoms with van der Waals surface area (Å²) in [5.41, 5.74) is 0.167. The maximum absolute atomic E-state index is 11.0. The summed E-state index contributed by atoms with van der Waals surface area (Å²) in [6, 6.07) is -2.80. The van der Waals surface area contributed by atoms with E-state index in [1.807, 2.05) is 0 Å². The van der Waals surface area contributed by atoms with Gasteiger partial charge in [0.05, 0.1) is 0 Å². The van der Waals surface area contributed by atoms with Crippen molar-refractivity contribution >= 4 is 11.9 Å². The minimum Gasteiger partial charge on any atom is -0.458 e. The second-order valence-electron chi connectivity index (χ2n) is 4.57. The van der Waals surface area contributed by atoms with E-state index in [2.05, 4.69) is 9.47 Å². The third-order valence-corrected chi connectivity index (χ3v) is 3.02. The fourth-order valence-electron chi connectivity index (χ4n) is 1.61. The average Bonchev–Trinajstić information content (AvgIpc) is 2.36. The molecule has 0 spiro atoms. The van der Waals surface area contributed by atoms with E-state index in [0.717, 1.165) is 13.8 Å². The van der Waals surface area contributed by atoms with Gasteiger partial charge < -0.3 is 9.47 Å². The number of ether oxygens (including phenoxy) is 2. The van der Waals surface area contributed by atoms with Crippen LogP contribution < -0.4 is 0 Å². The Morgan fingerprint density at radius 1 is 0.818 bits per heavy atom. The Balaban J connectivity index is 5.36. The second-order valence-corrected chi connectivity index (χ2v) is 4.57. The molecule has 22 heavy (non-hydrogen) atoms. The van der Waals surface area contributed by atoms with Crippen molar-refractivity contribution in [3.05, 3.63) is 31.4 Å². The van der Waals surface area contributed by atoms with Gasteiger partial charge in [-0.3, -0.25) is 29.8 Å². The van der Waals surface area contributed by atoms with E-state index in [9.17, 15) is 29.8 Å². The quantitative estimate of drug-likeness (QED) is 0.276. The summed E-state index contributed by atoms with van der Waals surface area (Å²) in [6.07, 6.45) is 0. The molecule has 0 amide bonds. The molecular formula is C12H18N2O8.